The van der Waals surface area contributed by atoms with Crippen LogP contribution in [-0.2, 0) is 4.74 Å². The monoisotopic (exact) mass is 317 g/mol. The summed E-state index contributed by atoms with van der Waals surface area (Å²) in [6, 6.07) is 1.81. The van der Waals surface area contributed by atoms with Gasteiger partial charge in [-0.1, -0.05) is 5.16 Å². The van der Waals surface area contributed by atoms with Crippen LogP contribution in [0.15, 0.2) is 21.3 Å². The summed E-state index contributed by atoms with van der Waals surface area (Å²) in [5, 5.41) is 3.88. The highest BCUT2D eigenvalue weighted by Crippen LogP contribution is 2.39. The molecule has 122 valence electrons. The van der Waals surface area contributed by atoms with Crippen molar-refractivity contribution in [2.75, 3.05) is 26.3 Å². The lowest BCUT2D eigenvalue weighted by Crippen LogP contribution is -2.33. The highest BCUT2D eigenvalue weighted by Gasteiger charge is 2.45. The van der Waals surface area contributed by atoms with Gasteiger partial charge in [0.25, 0.3) is 5.91 Å². The van der Waals surface area contributed by atoms with Crippen LogP contribution in [-0.4, -0.2) is 47.3 Å². The maximum absolute atomic E-state index is 12.7. The molecule has 0 aromatic carbocycles. The summed E-state index contributed by atoms with van der Waals surface area (Å²) < 4.78 is 16.4. The van der Waals surface area contributed by atoms with Crippen LogP contribution in [0.25, 0.3) is 0 Å². The number of carbonyl (C=O) groups is 1. The molecule has 2 aromatic heterocycles. The quantitative estimate of drug-likeness (QED) is 0.840. The fraction of sp³-hybridized carbons (Fsp3) is 0.562. The molecular formula is C16H19N3O4. The number of nitrogens with zero attached hydrogens (tertiary/aromatic N) is 3. The largest absolute Gasteiger partial charge is 0.459 e. The van der Waals surface area contributed by atoms with E-state index in [-0.39, 0.29) is 17.7 Å². The zero-order valence-corrected chi connectivity index (χ0v) is 13.2. The van der Waals surface area contributed by atoms with E-state index in [0.29, 0.717) is 49.7 Å². The van der Waals surface area contributed by atoms with Crippen molar-refractivity contribution < 1.29 is 18.5 Å². The van der Waals surface area contributed by atoms with E-state index in [1.807, 2.05) is 17.9 Å². The van der Waals surface area contributed by atoms with Crippen molar-refractivity contribution in [1.29, 1.82) is 0 Å². The van der Waals surface area contributed by atoms with E-state index in [9.17, 15) is 4.79 Å². The SMILES string of the molecule is Cc1noc([C@@H]2COC[C@@H]3CN(C(=O)c4occc4C)C[C@@H]32)n1. The minimum atomic E-state index is -0.0534. The Morgan fingerprint density at radius 3 is 2.87 bits per heavy atom. The summed E-state index contributed by atoms with van der Waals surface area (Å²) >= 11 is 0. The number of hydrogen-bond donors (Lipinski definition) is 0. The van der Waals surface area contributed by atoms with Crippen molar-refractivity contribution in [3.63, 3.8) is 0 Å². The van der Waals surface area contributed by atoms with E-state index < -0.39 is 0 Å². The molecule has 3 atom stereocenters. The molecule has 1 amide bonds. The van der Waals surface area contributed by atoms with Crippen molar-refractivity contribution in [2.24, 2.45) is 11.8 Å². The molecule has 0 N–H and O–H groups in total. The fourth-order valence-electron chi connectivity index (χ4n) is 3.62. The molecule has 7 nitrogen and oxygen atoms in total. The Morgan fingerprint density at radius 1 is 1.30 bits per heavy atom. The predicted octanol–water partition coefficient (Wildman–Crippen LogP) is 1.78. The van der Waals surface area contributed by atoms with E-state index >= 15 is 0 Å². The summed E-state index contributed by atoms with van der Waals surface area (Å²) in [5.74, 6) is 2.23. The Kier molecular flexibility index (Phi) is 3.45. The fourth-order valence-corrected chi connectivity index (χ4v) is 3.62. The first-order chi connectivity index (χ1) is 11.1. The van der Waals surface area contributed by atoms with E-state index in [0.717, 1.165) is 5.56 Å². The van der Waals surface area contributed by atoms with Gasteiger partial charge in [-0.2, -0.15) is 4.98 Å². The Balaban J connectivity index is 1.55. The first kappa shape index (κ1) is 14.4. The average molecular weight is 317 g/mol. The number of aryl methyl sites for hydroxylation is 2. The first-order valence-corrected chi connectivity index (χ1v) is 7.85. The molecule has 0 saturated carbocycles. The Hall–Kier alpha value is -2.15. The van der Waals surface area contributed by atoms with Gasteiger partial charge in [-0.15, -0.1) is 0 Å². The zero-order valence-electron chi connectivity index (χ0n) is 13.2. The van der Waals surface area contributed by atoms with Crippen molar-refractivity contribution >= 4 is 5.91 Å². The standard InChI is InChI=1S/C16H19N3O4/c1-9-3-4-22-14(9)16(20)19-5-11-7-21-8-13(12(11)6-19)15-17-10(2)18-23-15/h3-4,11-13H,5-8H2,1-2H3/t11-,12-,13+/m0/s1. The van der Waals surface area contributed by atoms with Crippen LogP contribution in [0.5, 0.6) is 0 Å². The summed E-state index contributed by atoms with van der Waals surface area (Å²) in [4.78, 5) is 18.9. The van der Waals surface area contributed by atoms with Gasteiger partial charge in [0.2, 0.25) is 5.89 Å². The van der Waals surface area contributed by atoms with Crippen LogP contribution >= 0.6 is 0 Å². The van der Waals surface area contributed by atoms with Gasteiger partial charge in [0.05, 0.1) is 25.4 Å². The second kappa shape index (κ2) is 5.49. The van der Waals surface area contributed by atoms with Crippen LogP contribution in [0.4, 0.5) is 0 Å². The topological polar surface area (TPSA) is 81.6 Å². The van der Waals surface area contributed by atoms with Crippen LogP contribution in [0.2, 0.25) is 0 Å². The molecule has 2 aromatic rings. The van der Waals surface area contributed by atoms with Gasteiger partial charge in [-0.05, 0) is 25.8 Å². The van der Waals surface area contributed by atoms with Gasteiger partial charge >= 0.3 is 0 Å². The second-order valence-electron chi connectivity index (χ2n) is 6.39. The Morgan fingerprint density at radius 2 is 2.17 bits per heavy atom. The van der Waals surface area contributed by atoms with Gasteiger partial charge in [0.15, 0.2) is 11.6 Å². The molecule has 0 spiro atoms. The number of rotatable bonds is 2. The van der Waals surface area contributed by atoms with Crippen molar-refractivity contribution in [2.45, 2.75) is 19.8 Å². The van der Waals surface area contributed by atoms with Crippen LogP contribution in [0.1, 0.15) is 33.8 Å². The zero-order chi connectivity index (χ0) is 16.0. The van der Waals surface area contributed by atoms with Crippen molar-refractivity contribution in [3.05, 3.63) is 35.4 Å². The molecule has 0 radical (unpaired) electrons. The van der Waals surface area contributed by atoms with Crippen LogP contribution < -0.4 is 0 Å². The summed E-state index contributed by atoms with van der Waals surface area (Å²) in [6.07, 6.45) is 1.55. The lowest BCUT2D eigenvalue weighted by molar-refractivity contribution is 0.00992. The molecule has 2 saturated heterocycles. The second-order valence-corrected chi connectivity index (χ2v) is 6.39. The van der Waals surface area contributed by atoms with E-state index in [1.54, 1.807) is 13.2 Å². The Bertz CT molecular complexity index is 722. The van der Waals surface area contributed by atoms with Gasteiger partial charge in [0.1, 0.15) is 0 Å². The highest BCUT2D eigenvalue weighted by atomic mass is 16.5. The van der Waals surface area contributed by atoms with Gasteiger partial charge < -0.3 is 18.6 Å². The molecule has 2 aliphatic rings. The minimum Gasteiger partial charge on any atom is -0.459 e. The summed E-state index contributed by atoms with van der Waals surface area (Å²) in [6.45, 7) is 6.25. The maximum Gasteiger partial charge on any atom is 0.289 e. The summed E-state index contributed by atoms with van der Waals surface area (Å²) in [7, 11) is 0. The lowest BCUT2D eigenvalue weighted by atomic mass is 9.83. The molecule has 23 heavy (non-hydrogen) atoms. The molecule has 0 unspecified atom stereocenters. The number of amides is 1. The number of furan rings is 1. The summed E-state index contributed by atoms with van der Waals surface area (Å²) in [5.41, 5.74) is 0.866. The number of carbonyl (C=O) groups excluding carboxylic acids is 1. The molecule has 2 aliphatic heterocycles. The molecule has 2 fully saturated rings. The Labute approximate surface area is 133 Å². The van der Waals surface area contributed by atoms with Gasteiger partial charge in [-0.3, -0.25) is 4.79 Å². The van der Waals surface area contributed by atoms with Gasteiger partial charge in [-0.25, -0.2) is 0 Å². The number of hydrogen-bond acceptors (Lipinski definition) is 6. The first-order valence-electron chi connectivity index (χ1n) is 7.85. The van der Waals surface area contributed by atoms with E-state index in [1.165, 1.54) is 0 Å². The number of aromatic nitrogens is 2. The lowest BCUT2D eigenvalue weighted by Gasteiger charge is -2.30. The predicted molar refractivity (Wildman–Crippen MR) is 78.9 cm³/mol. The normalized spacial score (nSPS) is 27.2. The van der Waals surface area contributed by atoms with Crippen molar-refractivity contribution in [3.8, 4) is 0 Å². The molecule has 4 rings (SSSR count). The van der Waals surface area contributed by atoms with E-state index in [2.05, 4.69) is 10.1 Å². The third-order valence-corrected chi connectivity index (χ3v) is 4.84. The smallest absolute Gasteiger partial charge is 0.289 e. The molecule has 7 heteroatoms. The maximum atomic E-state index is 12.7. The number of fused-ring (bicyclic) bond motifs is 1. The highest BCUT2D eigenvalue weighted by molar-refractivity contribution is 5.93. The van der Waals surface area contributed by atoms with Crippen LogP contribution in [0, 0.1) is 25.7 Å². The minimum absolute atomic E-state index is 0.0467. The van der Waals surface area contributed by atoms with Crippen molar-refractivity contribution in [1.82, 2.24) is 15.0 Å². The van der Waals surface area contributed by atoms with E-state index in [4.69, 9.17) is 13.7 Å². The number of ether oxygens (including phenoxy) is 1. The third kappa shape index (κ3) is 2.45. The molecule has 0 aliphatic carbocycles. The molecule has 4 heterocycles. The average Bonchev–Trinajstić information content (AvgIpc) is 3.25. The molecular weight excluding hydrogens is 298 g/mol. The van der Waals surface area contributed by atoms with Crippen LogP contribution in [0.3, 0.4) is 0 Å². The third-order valence-electron chi connectivity index (χ3n) is 4.84. The van der Waals surface area contributed by atoms with Gasteiger partial charge in [0, 0.05) is 24.6 Å². The molecule has 0 bridgehead atoms. The number of likely N-dealkylation sites (tertiary alicyclic amines) is 1.